The normalized spacial score (nSPS) is 10.9. The number of nitrogens with one attached hydrogen (secondary N) is 1. The summed E-state index contributed by atoms with van der Waals surface area (Å²) in [5.41, 5.74) is 2.50. The first-order valence-electron chi connectivity index (χ1n) is 6.29. The number of phenolic OH excluding ortho intramolecular Hbond substituents is 1. The Labute approximate surface area is 121 Å². The molecule has 0 spiro atoms. The fourth-order valence-electron chi connectivity index (χ4n) is 2.08. The van der Waals surface area contributed by atoms with Crippen molar-refractivity contribution >= 4 is 22.6 Å². The van der Waals surface area contributed by atoms with Crippen LogP contribution in [0.25, 0.3) is 22.4 Å². The lowest BCUT2D eigenvalue weighted by Crippen LogP contribution is -1.93. The first kappa shape index (κ1) is 12.8. The van der Waals surface area contributed by atoms with Gasteiger partial charge in [0, 0.05) is 11.6 Å². The predicted molar refractivity (Wildman–Crippen MR) is 79.4 cm³/mol. The molecule has 1 heterocycles. The Kier molecular flexibility index (Phi) is 3.24. The molecule has 0 aliphatic rings. The van der Waals surface area contributed by atoms with Gasteiger partial charge in [0.2, 0.25) is 0 Å². The van der Waals surface area contributed by atoms with Gasteiger partial charge in [0.1, 0.15) is 5.82 Å². The molecule has 3 aromatic rings. The molecule has 4 nitrogen and oxygen atoms in total. The van der Waals surface area contributed by atoms with Crippen molar-refractivity contribution in [3.05, 3.63) is 41.4 Å². The van der Waals surface area contributed by atoms with Gasteiger partial charge >= 0.3 is 0 Å². The molecular weight excluding hydrogens is 276 g/mol. The molecule has 102 valence electrons. The number of fused-ring (bicyclic) bond motifs is 1. The van der Waals surface area contributed by atoms with Crippen LogP contribution in [0.4, 0.5) is 0 Å². The first-order valence-corrected chi connectivity index (χ1v) is 6.67. The van der Waals surface area contributed by atoms with Crippen molar-refractivity contribution in [2.24, 2.45) is 0 Å². The second-order valence-corrected chi connectivity index (χ2v) is 4.74. The van der Waals surface area contributed by atoms with Crippen LogP contribution >= 0.6 is 11.6 Å². The minimum absolute atomic E-state index is 0.0247. The van der Waals surface area contributed by atoms with E-state index < -0.39 is 0 Å². The highest BCUT2D eigenvalue weighted by Crippen LogP contribution is 2.37. The van der Waals surface area contributed by atoms with E-state index in [4.69, 9.17) is 16.3 Å². The summed E-state index contributed by atoms with van der Waals surface area (Å²) in [5, 5.41) is 10.2. The van der Waals surface area contributed by atoms with Gasteiger partial charge in [-0.2, -0.15) is 0 Å². The monoisotopic (exact) mass is 288 g/mol. The molecular formula is C15H13ClN2O2. The third-order valence-electron chi connectivity index (χ3n) is 2.99. The largest absolute Gasteiger partial charge is 0.504 e. The molecule has 5 heteroatoms. The van der Waals surface area contributed by atoms with Gasteiger partial charge in [-0.25, -0.2) is 4.98 Å². The number of phenols is 1. The van der Waals surface area contributed by atoms with E-state index in [1.54, 1.807) is 6.07 Å². The van der Waals surface area contributed by atoms with Crippen LogP contribution < -0.4 is 4.74 Å². The van der Waals surface area contributed by atoms with Gasteiger partial charge in [0.15, 0.2) is 11.5 Å². The molecule has 2 N–H and O–H groups in total. The molecule has 0 amide bonds. The van der Waals surface area contributed by atoms with Crippen LogP contribution in [0.2, 0.25) is 5.02 Å². The summed E-state index contributed by atoms with van der Waals surface area (Å²) in [5.74, 6) is 1.07. The third-order valence-corrected chi connectivity index (χ3v) is 3.31. The summed E-state index contributed by atoms with van der Waals surface area (Å²) < 4.78 is 5.38. The molecule has 2 aromatic carbocycles. The number of H-pyrrole nitrogens is 1. The second kappa shape index (κ2) is 5.06. The maximum absolute atomic E-state index is 9.79. The number of hydrogen-bond acceptors (Lipinski definition) is 3. The summed E-state index contributed by atoms with van der Waals surface area (Å²) in [7, 11) is 0. The number of benzene rings is 2. The van der Waals surface area contributed by atoms with E-state index in [0.717, 1.165) is 11.0 Å². The van der Waals surface area contributed by atoms with Gasteiger partial charge in [-0.15, -0.1) is 0 Å². The van der Waals surface area contributed by atoms with Gasteiger partial charge in [0.25, 0.3) is 0 Å². The van der Waals surface area contributed by atoms with Crippen molar-refractivity contribution in [1.29, 1.82) is 0 Å². The number of imidazole rings is 1. The third kappa shape index (κ3) is 2.18. The van der Waals surface area contributed by atoms with Crippen molar-refractivity contribution in [3.63, 3.8) is 0 Å². The zero-order valence-electron chi connectivity index (χ0n) is 10.9. The lowest BCUT2D eigenvalue weighted by molar-refractivity contribution is 0.318. The van der Waals surface area contributed by atoms with E-state index in [1.165, 1.54) is 6.07 Å². The Balaban J connectivity index is 2.15. The Morgan fingerprint density at radius 3 is 2.85 bits per heavy atom. The molecule has 0 aliphatic carbocycles. The number of para-hydroxylation sites is 2. The molecule has 0 unspecified atom stereocenters. The lowest BCUT2D eigenvalue weighted by Gasteiger charge is -2.08. The molecule has 1 aromatic heterocycles. The average molecular weight is 289 g/mol. The highest BCUT2D eigenvalue weighted by atomic mass is 35.5. The quantitative estimate of drug-likeness (QED) is 0.766. The summed E-state index contributed by atoms with van der Waals surface area (Å²) in [6, 6.07) is 10.9. The van der Waals surface area contributed by atoms with Gasteiger partial charge in [0.05, 0.1) is 22.7 Å². The smallest absolute Gasteiger partial charge is 0.161 e. The number of aromatic nitrogens is 2. The van der Waals surface area contributed by atoms with Gasteiger partial charge in [-0.05, 0) is 25.1 Å². The van der Waals surface area contributed by atoms with Crippen molar-refractivity contribution in [2.45, 2.75) is 6.92 Å². The number of aromatic hydroxyl groups is 1. The fraction of sp³-hybridized carbons (Fsp3) is 0.133. The highest BCUT2D eigenvalue weighted by Gasteiger charge is 2.13. The minimum Gasteiger partial charge on any atom is -0.504 e. The SMILES string of the molecule is CCOc1cc(-c2nc3ccccc3[nH]2)c(Cl)cc1O. The van der Waals surface area contributed by atoms with Gasteiger partial charge in [-0.1, -0.05) is 23.7 Å². The molecule has 20 heavy (non-hydrogen) atoms. The van der Waals surface area contributed by atoms with Crippen molar-refractivity contribution in [1.82, 2.24) is 9.97 Å². The van der Waals surface area contributed by atoms with E-state index in [-0.39, 0.29) is 5.75 Å². The van der Waals surface area contributed by atoms with Crippen molar-refractivity contribution < 1.29 is 9.84 Å². The van der Waals surface area contributed by atoms with E-state index in [1.807, 2.05) is 31.2 Å². The number of ether oxygens (including phenoxy) is 1. The average Bonchev–Trinajstić information content (AvgIpc) is 2.85. The Morgan fingerprint density at radius 1 is 1.30 bits per heavy atom. The van der Waals surface area contributed by atoms with Crippen LogP contribution in [0.3, 0.4) is 0 Å². The minimum atomic E-state index is 0.0247. The number of rotatable bonds is 3. The molecule has 0 fully saturated rings. The Hall–Kier alpha value is -2.20. The maximum Gasteiger partial charge on any atom is 0.161 e. The van der Waals surface area contributed by atoms with Crippen LogP contribution in [0.1, 0.15) is 6.92 Å². The van der Waals surface area contributed by atoms with Crippen molar-refractivity contribution in [2.75, 3.05) is 6.61 Å². The van der Waals surface area contributed by atoms with Crippen LogP contribution in [0.5, 0.6) is 11.5 Å². The molecule has 0 radical (unpaired) electrons. The summed E-state index contributed by atoms with van der Waals surface area (Å²) >= 11 is 6.19. The van der Waals surface area contributed by atoms with Gasteiger partial charge in [-0.3, -0.25) is 0 Å². The number of nitrogens with zero attached hydrogens (tertiary/aromatic N) is 1. The fourth-order valence-corrected chi connectivity index (χ4v) is 2.32. The lowest BCUT2D eigenvalue weighted by atomic mass is 10.2. The summed E-state index contributed by atoms with van der Waals surface area (Å²) in [6.07, 6.45) is 0. The predicted octanol–water partition coefficient (Wildman–Crippen LogP) is 3.99. The van der Waals surface area contributed by atoms with Crippen LogP contribution in [-0.2, 0) is 0 Å². The molecule has 0 saturated carbocycles. The Morgan fingerprint density at radius 2 is 2.10 bits per heavy atom. The van der Waals surface area contributed by atoms with E-state index in [2.05, 4.69) is 9.97 Å². The topological polar surface area (TPSA) is 58.1 Å². The molecule has 3 rings (SSSR count). The zero-order valence-corrected chi connectivity index (χ0v) is 11.6. The molecule has 0 saturated heterocycles. The van der Waals surface area contributed by atoms with E-state index in [9.17, 15) is 5.11 Å². The summed E-state index contributed by atoms with van der Waals surface area (Å²) in [6.45, 7) is 2.32. The van der Waals surface area contributed by atoms with Crippen LogP contribution in [0, 0.1) is 0 Å². The van der Waals surface area contributed by atoms with E-state index in [0.29, 0.717) is 28.8 Å². The van der Waals surface area contributed by atoms with E-state index >= 15 is 0 Å². The maximum atomic E-state index is 9.79. The number of halogens is 1. The molecule has 0 aliphatic heterocycles. The van der Waals surface area contributed by atoms with Crippen LogP contribution in [-0.4, -0.2) is 21.7 Å². The second-order valence-electron chi connectivity index (χ2n) is 4.34. The molecule has 0 bridgehead atoms. The van der Waals surface area contributed by atoms with Crippen LogP contribution in [0.15, 0.2) is 36.4 Å². The molecule has 0 atom stereocenters. The first-order chi connectivity index (χ1) is 9.69. The standard InChI is InChI=1S/C15H13ClN2O2/c1-2-20-14-7-9(10(16)8-13(14)19)15-17-11-5-3-4-6-12(11)18-15/h3-8,19H,2H2,1H3,(H,17,18). The number of aromatic amines is 1. The zero-order chi connectivity index (χ0) is 14.1. The summed E-state index contributed by atoms with van der Waals surface area (Å²) in [4.78, 5) is 7.71. The highest BCUT2D eigenvalue weighted by molar-refractivity contribution is 6.33. The van der Waals surface area contributed by atoms with Gasteiger partial charge < -0.3 is 14.8 Å². The van der Waals surface area contributed by atoms with Crippen molar-refractivity contribution in [3.8, 4) is 22.9 Å². The Bertz CT molecular complexity index is 735. The number of hydrogen-bond donors (Lipinski definition) is 2.